The molecule has 1 aliphatic heterocycles. The molecular formula is C17H18FN5O. The van der Waals surface area contributed by atoms with E-state index in [1.54, 1.807) is 19.2 Å². The first-order chi connectivity index (χ1) is 11.7. The van der Waals surface area contributed by atoms with E-state index in [2.05, 4.69) is 20.2 Å². The molecular weight excluding hydrogens is 309 g/mol. The Hall–Kier alpha value is -2.88. The van der Waals surface area contributed by atoms with Crippen LogP contribution in [0.15, 0.2) is 30.6 Å². The van der Waals surface area contributed by atoms with E-state index < -0.39 is 5.82 Å². The molecule has 2 aromatic rings. The minimum Gasteiger partial charge on any atom is -0.481 e. The van der Waals surface area contributed by atoms with Crippen LogP contribution in [0.5, 0.6) is 5.88 Å². The molecule has 1 aromatic heterocycles. The zero-order valence-corrected chi connectivity index (χ0v) is 13.4. The Morgan fingerprint density at radius 3 is 2.75 bits per heavy atom. The highest BCUT2D eigenvalue weighted by atomic mass is 19.1. The summed E-state index contributed by atoms with van der Waals surface area (Å²) in [4.78, 5) is 10.3. The Bertz CT molecular complexity index is 753. The molecule has 0 radical (unpaired) electrons. The summed E-state index contributed by atoms with van der Waals surface area (Å²) in [6, 6.07) is 8.66. The topological polar surface area (TPSA) is 74.1 Å². The van der Waals surface area contributed by atoms with Gasteiger partial charge in [0.2, 0.25) is 5.88 Å². The normalized spacial score (nSPS) is 15.0. The first kappa shape index (κ1) is 16.0. The van der Waals surface area contributed by atoms with Crippen LogP contribution >= 0.6 is 0 Å². The SMILES string of the molecule is COc1cc(NC2CCN(c3ccc(C#N)c(F)c3)CC2)ncn1. The monoisotopic (exact) mass is 327 g/mol. The molecule has 0 unspecified atom stereocenters. The van der Waals surface area contributed by atoms with Crippen LogP contribution in [0.2, 0.25) is 0 Å². The Balaban J connectivity index is 1.59. The van der Waals surface area contributed by atoms with Crippen molar-refractivity contribution in [2.75, 3.05) is 30.4 Å². The predicted molar refractivity (Wildman–Crippen MR) is 88.6 cm³/mol. The Morgan fingerprint density at radius 2 is 2.08 bits per heavy atom. The highest BCUT2D eigenvalue weighted by Crippen LogP contribution is 2.24. The van der Waals surface area contributed by atoms with Gasteiger partial charge in [0.25, 0.3) is 0 Å². The zero-order valence-electron chi connectivity index (χ0n) is 13.4. The van der Waals surface area contributed by atoms with Crippen LogP contribution in [0.3, 0.4) is 0 Å². The van der Waals surface area contributed by atoms with Crippen molar-refractivity contribution in [3.8, 4) is 11.9 Å². The van der Waals surface area contributed by atoms with Crippen LogP contribution in [0.4, 0.5) is 15.9 Å². The molecule has 124 valence electrons. The second-order valence-corrected chi connectivity index (χ2v) is 5.63. The van der Waals surface area contributed by atoms with E-state index in [0.29, 0.717) is 11.9 Å². The highest BCUT2D eigenvalue weighted by Gasteiger charge is 2.20. The summed E-state index contributed by atoms with van der Waals surface area (Å²) >= 11 is 0. The van der Waals surface area contributed by atoms with Crippen molar-refractivity contribution in [3.63, 3.8) is 0 Å². The second-order valence-electron chi connectivity index (χ2n) is 5.63. The summed E-state index contributed by atoms with van der Waals surface area (Å²) < 4.78 is 18.8. The van der Waals surface area contributed by atoms with Gasteiger partial charge in [0.1, 0.15) is 24.0 Å². The largest absolute Gasteiger partial charge is 0.481 e. The second kappa shape index (κ2) is 7.13. The Morgan fingerprint density at radius 1 is 1.29 bits per heavy atom. The number of anilines is 2. The van der Waals surface area contributed by atoms with Gasteiger partial charge in [-0.1, -0.05) is 0 Å². The Labute approximate surface area is 139 Å². The summed E-state index contributed by atoms with van der Waals surface area (Å²) in [5, 5.41) is 12.2. The lowest BCUT2D eigenvalue weighted by Gasteiger charge is -2.34. The summed E-state index contributed by atoms with van der Waals surface area (Å²) in [5.41, 5.74) is 0.890. The van der Waals surface area contributed by atoms with Crippen molar-refractivity contribution in [2.24, 2.45) is 0 Å². The van der Waals surface area contributed by atoms with Gasteiger partial charge in [-0.05, 0) is 31.0 Å². The van der Waals surface area contributed by atoms with Crippen LogP contribution in [0, 0.1) is 17.1 Å². The third-order valence-electron chi connectivity index (χ3n) is 4.14. The van der Waals surface area contributed by atoms with Gasteiger partial charge in [0.15, 0.2) is 0 Å². The van der Waals surface area contributed by atoms with Gasteiger partial charge in [-0.25, -0.2) is 14.4 Å². The molecule has 0 amide bonds. The molecule has 0 atom stereocenters. The number of hydrogen-bond acceptors (Lipinski definition) is 6. The molecule has 0 aliphatic carbocycles. The number of nitrogens with one attached hydrogen (secondary N) is 1. The smallest absolute Gasteiger partial charge is 0.218 e. The van der Waals surface area contributed by atoms with Gasteiger partial charge in [-0.15, -0.1) is 0 Å². The van der Waals surface area contributed by atoms with E-state index >= 15 is 0 Å². The maximum absolute atomic E-state index is 13.8. The highest BCUT2D eigenvalue weighted by molar-refractivity contribution is 5.51. The summed E-state index contributed by atoms with van der Waals surface area (Å²) in [5.74, 6) is 0.797. The number of nitrogens with zero attached hydrogens (tertiary/aromatic N) is 4. The van der Waals surface area contributed by atoms with Gasteiger partial charge in [-0.3, -0.25) is 0 Å². The third-order valence-corrected chi connectivity index (χ3v) is 4.14. The van der Waals surface area contributed by atoms with Crippen LogP contribution < -0.4 is 15.0 Å². The molecule has 1 aliphatic rings. The molecule has 6 nitrogen and oxygen atoms in total. The first-order valence-electron chi connectivity index (χ1n) is 7.77. The van der Waals surface area contributed by atoms with E-state index in [0.717, 1.165) is 37.4 Å². The maximum atomic E-state index is 13.8. The number of rotatable bonds is 4. The fourth-order valence-electron chi connectivity index (χ4n) is 2.81. The lowest BCUT2D eigenvalue weighted by atomic mass is 10.0. The van der Waals surface area contributed by atoms with Gasteiger partial charge in [0.05, 0.1) is 12.7 Å². The number of ether oxygens (including phenoxy) is 1. The fourth-order valence-corrected chi connectivity index (χ4v) is 2.81. The van der Waals surface area contributed by atoms with Gasteiger partial charge in [-0.2, -0.15) is 5.26 Å². The molecule has 1 aromatic carbocycles. The summed E-state index contributed by atoms with van der Waals surface area (Å²) in [6.07, 6.45) is 3.29. The van der Waals surface area contributed by atoms with Crippen molar-refractivity contribution in [1.29, 1.82) is 5.26 Å². The zero-order chi connectivity index (χ0) is 16.9. The van der Waals surface area contributed by atoms with Crippen LogP contribution in [-0.4, -0.2) is 36.2 Å². The molecule has 7 heteroatoms. The standard InChI is InChI=1S/C17H18FN5O/c1-24-17-9-16(20-11-21-17)22-13-4-6-23(7-5-13)14-3-2-12(10-19)15(18)8-14/h2-3,8-9,11,13H,4-7H2,1H3,(H,20,21,22). The van der Waals surface area contributed by atoms with E-state index in [4.69, 9.17) is 10.00 Å². The molecule has 24 heavy (non-hydrogen) atoms. The molecule has 2 heterocycles. The van der Waals surface area contributed by atoms with E-state index in [9.17, 15) is 4.39 Å². The predicted octanol–water partition coefficient (Wildman–Crippen LogP) is 2.58. The Kier molecular flexibility index (Phi) is 4.75. The molecule has 0 spiro atoms. The minimum absolute atomic E-state index is 0.0769. The molecule has 1 saturated heterocycles. The molecule has 3 rings (SSSR count). The lowest BCUT2D eigenvalue weighted by Crippen LogP contribution is -2.39. The van der Waals surface area contributed by atoms with Crippen molar-refractivity contribution in [1.82, 2.24) is 9.97 Å². The summed E-state index contributed by atoms with van der Waals surface area (Å²) in [6.45, 7) is 1.62. The van der Waals surface area contributed by atoms with Crippen molar-refractivity contribution in [2.45, 2.75) is 18.9 Å². The van der Waals surface area contributed by atoms with Crippen molar-refractivity contribution >= 4 is 11.5 Å². The van der Waals surface area contributed by atoms with Gasteiger partial charge >= 0.3 is 0 Å². The first-order valence-corrected chi connectivity index (χ1v) is 7.77. The van der Waals surface area contributed by atoms with E-state index in [1.165, 1.54) is 18.5 Å². The van der Waals surface area contributed by atoms with Crippen molar-refractivity contribution in [3.05, 3.63) is 42.0 Å². The average molecular weight is 327 g/mol. The van der Waals surface area contributed by atoms with Gasteiger partial charge < -0.3 is 15.0 Å². The minimum atomic E-state index is -0.469. The molecule has 0 saturated carbocycles. The van der Waals surface area contributed by atoms with E-state index in [1.807, 2.05) is 6.07 Å². The number of halogens is 1. The number of methoxy groups -OCH3 is 1. The number of nitriles is 1. The van der Waals surface area contributed by atoms with Crippen LogP contribution in [0.1, 0.15) is 18.4 Å². The molecule has 1 fully saturated rings. The van der Waals surface area contributed by atoms with Crippen LogP contribution in [-0.2, 0) is 0 Å². The van der Waals surface area contributed by atoms with Gasteiger partial charge in [0, 0.05) is 30.9 Å². The van der Waals surface area contributed by atoms with Crippen LogP contribution in [0.25, 0.3) is 0 Å². The fraction of sp³-hybridized carbons (Fsp3) is 0.353. The third kappa shape index (κ3) is 3.54. The van der Waals surface area contributed by atoms with E-state index in [-0.39, 0.29) is 5.56 Å². The maximum Gasteiger partial charge on any atom is 0.218 e. The quantitative estimate of drug-likeness (QED) is 0.930. The average Bonchev–Trinajstić information content (AvgIpc) is 2.62. The lowest BCUT2D eigenvalue weighted by molar-refractivity contribution is 0.397. The summed E-state index contributed by atoms with van der Waals surface area (Å²) in [7, 11) is 1.57. The molecule has 1 N–H and O–H groups in total. The molecule has 0 bridgehead atoms. The number of piperidine rings is 1. The van der Waals surface area contributed by atoms with Crippen molar-refractivity contribution < 1.29 is 9.13 Å². The number of hydrogen-bond donors (Lipinski definition) is 1. The number of aromatic nitrogens is 2. The number of benzene rings is 1.